The summed E-state index contributed by atoms with van der Waals surface area (Å²) in [6, 6.07) is 3.52. The Morgan fingerprint density at radius 1 is 1.46 bits per heavy atom. The van der Waals surface area contributed by atoms with Crippen LogP contribution in [0.2, 0.25) is 0 Å². The van der Waals surface area contributed by atoms with Crippen LogP contribution >= 0.6 is 0 Å². The fourth-order valence-electron chi connectivity index (χ4n) is 1.12. The first-order valence-corrected chi connectivity index (χ1v) is 3.85. The third-order valence-corrected chi connectivity index (χ3v) is 1.55. The van der Waals surface area contributed by atoms with Crippen molar-refractivity contribution in [3.63, 3.8) is 0 Å². The first-order valence-electron chi connectivity index (χ1n) is 3.85. The van der Waals surface area contributed by atoms with Gasteiger partial charge in [-0.05, 0) is 19.2 Å². The van der Waals surface area contributed by atoms with Crippen molar-refractivity contribution in [3.8, 4) is 0 Å². The van der Waals surface area contributed by atoms with Gasteiger partial charge in [-0.3, -0.25) is 4.90 Å². The van der Waals surface area contributed by atoms with E-state index in [1.54, 1.807) is 18.3 Å². The van der Waals surface area contributed by atoms with Crippen molar-refractivity contribution in [1.29, 1.82) is 0 Å². The van der Waals surface area contributed by atoms with Crippen molar-refractivity contribution in [1.82, 2.24) is 9.88 Å². The molecule has 0 saturated heterocycles. The maximum absolute atomic E-state index is 11.9. The van der Waals surface area contributed by atoms with Crippen LogP contribution in [0.5, 0.6) is 0 Å². The molecule has 1 rings (SSSR count). The number of hydrogen-bond donors (Lipinski definition) is 1. The van der Waals surface area contributed by atoms with Gasteiger partial charge in [0, 0.05) is 18.4 Å². The number of hydrogen-bond acceptors (Lipinski definition) is 1. The lowest BCUT2D eigenvalue weighted by atomic mass is 10.4. The van der Waals surface area contributed by atoms with Gasteiger partial charge >= 0.3 is 6.18 Å². The summed E-state index contributed by atoms with van der Waals surface area (Å²) in [7, 11) is 1.44. The number of alkyl halides is 3. The van der Waals surface area contributed by atoms with Crippen molar-refractivity contribution in [2.75, 3.05) is 13.6 Å². The van der Waals surface area contributed by atoms with Gasteiger partial charge in [-0.15, -0.1) is 0 Å². The van der Waals surface area contributed by atoms with Crippen molar-refractivity contribution in [2.45, 2.75) is 12.7 Å². The molecule has 0 aliphatic rings. The van der Waals surface area contributed by atoms with Crippen LogP contribution in [0.4, 0.5) is 13.2 Å². The Balaban J connectivity index is 2.38. The second-order valence-electron chi connectivity index (χ2n) is 2.98. The molecule has 0 amide bonds. The normalized spacial score (nSPS) is 12.4. The highest BCUT2D eigenvalue weighted by Crippen LogP contribution is 2.16. The van der Waals surface area contributed by atoms with Crippen LogP contribution < -0.4 is 0 Å². The van der Waals surface area contributed by atoms with E-state index in [4.69, 9.17) is 0 Å². The highest BCUT2D eigenvalue weighted by Gasteiger charge is 2.28. The standard InChI is InChI=1S/C8H11F3N2/c1-13(6-8(9,10)11)5-7-3-2-4-12-7/h2-4,12H,5-6H2,1H3. The Hall–Kier alpha value is -0.970. The van der Waals surface area contributed by atoms with E-state index in [1.165, 1.54) is 11.9 Å². The summed E-state index contributed by atoms with van der Waals surface area (Å²) in [5, 5.41) is 0. The van der Waals surface area contributed by atoms with Crippen LogP contribution in [-0.4, -0.2) is 29.7 Å². The van der Waals surface area contributed by atoms with Crippen LogP contribution in [-0.2, 0) is 6.54 Å². The van der Waals surface area contributed by atoms with Crippen molar-refractivity contribution in [3.05, 3.63) is 24.0 Å². The molecule has 0 radical (unpaired) electrons. The average Bonchev–Trinajstić information content (AvgIpc) is 2.34. The Morgan fingerprint density at radius 3 is 2.62 bits per heavy atom. The van der Waals surface area contributed by atoms with Crippen LogP contribution in [0.3, 0.4) is 0 Å². The third-order valence-electron chi connectivity index (χ3n) is 1.55. The number of nitrogens with zero attached hydrogens (tertiary/aromatic N) is 1. The molecule has 5 heteroatoms. The van der Waals surface area contributed by atoms with Gasteiger partial charge < -0.3 is 4.98 Å². The van der Waals surface area contributed by atoms with Gasteiger partial charge in [0.05, 0.1) is 6.54 Å². The second kappa shape index (κ2) is 3.83. The molecule has 0 aliphatic heterocycles. The second-order valence-corrected chi connectivity index (χ2v) is 2.98. The molecular formula is C8H11F3N2. The fourth-order valence-corrected chi connectivity index (χ4v) is 1.12. The highest BCUT2D eigenvalue weighted by molar-refractivity contribution is 5.03. The molecule has 2 nitrogen and oxygen atoms in total. The summed E-state index contributed by atoms with van der Waals surface area (Å²) in [6.07, 6.45) is -2.43. The Morgan fingerprint density at radius 2 is 2.15 bits per heavy atom. The molecule has 0 unspecified atom stereocenters. The summed E-state index contributed by atoms with van der Waals surface area (Å²) in [5.41, 5.74) is 0.784. The minimum Gasteiger partial charge on any atom is -0.364 e. The molecule has 0 spiro atoms. The quantitative estimate of drug-likeness (QED) is 0.776. The molecule has 0 aromatic carbocycles. The third kappa shape index (κ3) is 3.98. The first kappa shape index (κ1) is 10.1. The smallest absolute Gasteiger partial charge is 0.364 e. The number of aromatic nitrogens is 1. The molecule has 1 heterocycles. The predicted octanol–water partition coefficient (Wildman–Crippen LogP) is 2.01. The van der Waals surface area contributed by atoms with E-state index >= 15 is 0 Å². The zero-order valence-electron chi connectivity index (χ0n) is 7.23. The van der Waals surface area contributed by atoms with E-state index < -0.39 is 12.7 Å². The summed E-state index contributed by atoms with van der Waals surface area (Å²) in [4.78, 5) is 4.06. The molecule has 1 aromatic heterocycles. The molecule has 13 heavy (non-hydrogen) atoms. The minimum absolute atomic E-state index is 0.284. The molecule has 1 N–H and O–H groups in total. The summed E-state index contributed by atoms with van der Waals surface area (Å²) < 4.78 is 35.6. The monoisotopic (exact) mass is 192 g/mol. The molecule has 74 valence electrons. The summed E-state index contributed by atoms with van der Waals surface area (Å²) >= 11 is 0. The van der Waals surface area contributed by atoms with E-state index in [1.807, 2.05) is 0 Å². The number of aromatic amines is 1. The zero-order chi connectivity index (χ0) is 9.90. The Bertz CT molecular complexity index is 240. The molecule has 0 bridgehead atoms. The average molecular weight is 192 g/mol. The zero-order valence-corrected chi connectivity index (χ0v) is 7.23. The summed E-state index contributed by atoms with van der Waals surface area (Å²) in [5.74, 6) is 0. The van der Waals surface area contributed by atoms with Gasteiger partial charge in [0.1, 0.15) is 0 Å². The molecule has 0 saturated carbocycles. The Labute approximate surface area is 74.4 Å². The maximum Gasteiger partial charge on any atom is 0.401 e. The van der Waals surface area contributed by atoms with E-state index in [2.05, 4.69) is 4.98 Å². The van der Waals surface area contributed by atoms with E-state index in [0.717, 1.165) is 5.69 Å². The molecule has 0 atom stereocenters. The van der Waals surface area contributed by atoms with Gasteiger partial charge in [0.25, 0.3) is 0 Å². The van der Waals surface area contributed by atoms with E-state index in [0.29, 0.717) is 0 Å². The van der Waals surface area contributed by atoms with E-state index in [9.17, 15) is 13.2 Å². The molecule has 0 fully saturated rings. The molecule has 1 aromatic rings. The largest absolute Gasteiger partial charge is 0.401 e. The van der Waals surface area contributed by atoms with Gasteiger partial charge in [0.2, 0.25) is 0 Å². The number of H-pyrrole nitrogens is 1. The van der Waals surface area contributed by atoms with Gasteiger partial charge in [0.15, 0.2) is 0 Å². The number of halogens is 3. The first-order chi connectivity index (χ1) is 5.97. The topological polar surface area (TPSA) is 19.0 Å². The maximum atomic E-state index is 11.9. The van der Waals surface area contributed by atoms with Crippen LogP contribution in [0, 0.1) is 0 Å². The lowest BCUT2D eigenvalue weighted by Gasteiger charge is -2.17. The lowest BCUT2D eigenvalue weighted by Crippen LogP contribution is -2.30. The van der Waals surface area contributed by atoms with E-state index in [-0.39, 0.29) is 6.54 Å². The van der Waals surface area contributed by atoms with Crippen LogP contribution in [0.25, 0.3) is 0 Å². The SMILES string of the molecule is CN(Cc1ccc[nH]1)CC(F)(F)F. The van der Waals surface area contributed by atoms with Crippen LogP contribution in [0.1, 0.15) is 5.69 Å². The summed E-state index contributed by atoms with van der Waals surface area (Å²) in [6.45, 7) is -0.599. The number of rotatable bonds is 3. The van der Waals surface area contributed by atoms with Gasteiger partial charge in [-0.2, -0.15) is 13.2 Å². The minimum atomic E-state index is -4.12. The van der Waals surface area contributed by atoms with Crippen LogP contribution in [0.15, 0.2) is 18.3 Å². The van der Waals surface area contributed by atoms with Gasteiger partial charge in [-0.25, -0.2) is 0 Å². The lowest BCUT2D eigenvalue weighted by molar-refractivity contribution is -0.144. The van der Waals surface area contributed by atoms with Crippen molar-refractivity contribution >= 4 is 0 Å². The fraction of sp³-hybridized carbons (Fsp3) is 0.500. The molecule has 0 aliphatic carbocycles. The highest BCUT2D eigenvalue weighted by atomic mass is 19.4. The van der Waals surface area contributed by atoms with Crippen molar-refractivity contribution < 1.29 is 13.2 Å². The van der Waals surface area contributed by atoms with Gasteiger partial charge in [-0.1, -0.05) is 0 Å². The predicted molar refractivity (Wildman–Crippen MR) is 43.2 cm³/mol. The van der Waals surface area contributed by atoms with Crippen molar-refractivity contribution in [2.24, 2.45) is 0 Å². The number of nitrogens with one attached hydrogen (secondary N) is 1. The Kier molecular flexibility index (Phi) is 2.98. The molecular weight excluding hydrogens is 181 g/mol.